The minimum absolute atomic E-state index is 0.385. The van der Waals surface area contributed by atoms with E-state index in [0.717, 1.165) is 32.0 Å². The highest BCUT2D eigenvalue weighted by Gasteiger charge is 2.14. The summed E-state index contributed by atoms with van der Waals surface area (Å²) in [7, 11) is 0. The molecule has 0 saturated carbocycles. The molecule has 0 aromatic rings. The first-order chi connectivity index (χ1) is 7.93. The van der Waals surface area contributed by atoms with Crippen molar-refractivity contribution in [2.75, 3.05) is 25.6 Å². The summed E-state index contributed by atoms with van der Waals surface area (Å²) in [5.74, 6) is 1.04. The zero-order valence-corrected chi connectivity index (χ0v) is 11.2. The first kappa shape index (κ1) is 14.3. The second-order valence-corrected chi connectivity index (χ2v) is 5.00. The Kier molecular flexibility index (Phi) is 9.34. The first-order valence-corrected chi connectivity index (χ1v) is 7.37. The topological polar surface area (TPSA) is 18.5 Å². The highest BCUT2D eigenvalue weighted by Crippen LogP contribution is 2.11. The number of thiol groups is 1. The van der Waals surface area contributed by atoms with Gasteiger partial charge in [0.25, 0.3) is 0 Å². The van der Waals surface area contributed by atoms with Gasteiger partial charge in [-0.05, 0) is 25.0 Å². The Labute approximate surface area is 105 Å². The molecule has 0 radical (unpaired) electrons. The standard InChI is InChI=1S/C13H26O2S/c16-11-7-5-3-1-2-4-6-9-15-13-8-10-14-12-13/h13,16H,1-12H2. The van der Waals surface area contributed by atoms with Crippen molar-refractivity contribution in [1.29, 1.82) is 0 Å². The third-order valence-corrected chi connectivity index (χ3v) is 3.36. The molecule has 1 aliphatic heterocycles. The SMILES string of the molecule is SCCCCCCCCCOC1CCOC1. The van der Waals surface area contributed by atoms with E-state index in [4.69, 9.17) is 9.47 Å². The summed E-state index contributed by atoms with van der Waals surface area (Å²) in [6.45, 7) is 2.62. The molecule has 3 heteroatoms. The van der Waals surface area contributed by atoms with E-state index >= 15 is 0 Å². The van der Waals surface area contributed by atoms with E-state index < -0.39 is 0 Å². The quantitative estimate of drug-likeness (QED) is 0.470. The van der Waals surface area contributed by atoms with Gasteiger partial charge < -0.3 is 9.47 Å². The molecule has 0 N–H and O–H groups in total. The summed E-state index contributed by atoms with van der Waals surface area (Å²) in [5.41, 5.74) is 0. The lowest BCUT2D eigenvalue weighted by Crippen LogP contribution is -2.12. The van der Waals surface area contributed by atoms with E-state index in [2.05, 4.69) is 12.6 Å². The van der Waals surface area contributed by atoms with E-state index in [0.29, 0.717) is 6.10 Å². The van der Waals surface area contributed by atoms with Gasteiger partial charge in [-0.15, -0.1) is 0 Å². The van der Waals surface area contributed by atoms with Gasteiger partial charge in [-0.25, -0.2) is 0 Å². The maximum Gasteiger partial charge on any atom is 0.0830 e. The summed E-state index contributed by atoms with van der Waals surface area (Å²) in [4.78, 5) is 0. The fourth-order valence-electron chi connectivity index (χ4n) is 1.99. The van der Waals surface area contributed by atoms with Crippen LogP contribution in [0.3, 0.4) is 0 Å². The average molecular weight is 246 g/mol. The molecular weight excluding hydrogens is 220 g/mol. The molecule has 16 heavy (non-hydrogen) atoms. The summed E-state index contributed by atoms with van der Waals surface area (Å²) in [5, 5.41) is 0. The summed E-state index contributed by atoms with van der Waals surface area (Å²) >= 11 is 4.21. The van der Waals surface area contributed by atoms with Crippen LogP contribution in [-0.4, -0.2) is 31.7 Å². The minimum atomic E-state index is 0.385. The Hall–Kier alpha value is 0.270. The van der Waals surface area contributed by atoms with Crippen molar-refractivity contribution in [3.05, 3.63) is 0 Å². The van der Waals surface area contributed by atoms with E-state index in [9.17, 15) is 0 Å². The lowest BCUT2D eigenvalue weighted by atomic mass is 10.1. The molecule has 1 saturated heterocycles. The van der Waals surface area contributed by atoms with E-state index in [-0.39, 0.29) is 0 Å². The van der Waals surface area contributed by atoms with Gasteiger partial charge in [0.2, 0.25) is 0 Å². The monoisotopic (exact) mass is 246 g/mol. The molecule has 1 aliphatic rings. The van der Waals surface area contributed by atoms with Crippen LogP contribution in [0.4, 0.5) is 0 Å². The molecule has 0 aromatic carbocycles. The van der Waals surface area contributed by atoms with E-state index in [1.807, 2.05) is 0 Å². The lowest BCUT2D eigenvalue weighted by molar-refractivity contribution is 0.0405. The number of hydrogen-bond acceptors (Lipinski definition) is 3. The number of unbranched alkanes of at least 4 members (excludes halogenated alkanes) is 6. The van der Waals surface area contributed by atoms with E-state index in [1.54, 1.807) is 0 Å². The Balaban J connectivity index is 1.71. The van der Waals surface area contributed by atoms with Gasteiger partial charge in [0.15, 0.2) is 0 Å². The molecule has 1 fully saturated rings. The van der Waals surface area contributed by atoms with Crippen LogP contribution in [0.25, 0.3) is 0 Å². The first-order valence-electron chi connectivity index (χ1n) is 6.73. The Morgan fingerprint density at radius 1 is 1.00 bits per heavy atom. The molecule has 0 spiro atoms. The number of ether oxygens (including phenoxy) is 2. The molecule has 0 bridgehead atoms. The fourth-order valence-corrected chi connectivity index (χ4v) is 2.22. The predicted octanol–water partition coefficient (Wildman–Crippen LogP) is 3.45. The zero-order chi connectivity index (χ0) is 11.5. The molecule has 2 nitrogen and oxygen atoms in total. The van der Waals surface area contributed by atoms with Gasteiger partial charge in [-0.2, -0.15) is 12.6 Å². The molecule has 1 atom stereocenters. The predicted molar refractivity (Wildman–Crippen MR) is 71.3 cm³/mol. The van der Waals surface area contributed by atoms with Crippen LogP contribution >= 0.6 is 12.6 Å². The zero-order valence-electron chi connectivity index (χ0n) is 10.3. The Morgan fingerprint density at radius 3 is 2.31 bits per heavy atom. The second kappa shape index (κ2) is 10.4. The van der Waals surface area contributed by atoms with Crippen molar-refractivity contribution in [1.82, 2.24) is 0 Å². The van der Waals surface area contributed by atoms with E-state index in [1.165, 1.54) is 44.9 Å². The Bertz CT molecular complexity index is 147. The lowest BCUT2D eigenvalue weighted by Gasteiger charge is -2.09. The highest BCUT2D eigenvalue weighted by molar-refractivity contribution is 7.80. The van der Waals surface area contributed by atoms with Crippen molar-refractivity contribution >= 4 is 12.6 Å². The number of rotatable bonds is 10. The summed E-state index contributed by atoms with van der Waals surface area (Å²) in [6, 6.07) is 0. The summed E-state index contributed by atoms with van der Waals surface area (Å²) in [6.07, 6.45) is 10.7. The normalized spacial score (nSPS) is 20.4. The molecule has 96 valence electrons. The molecule has 0 amide bonds. The van der Waals surface area contributed by atoms with Gasteiger partial charge in [0.05, 0.1) is 12.7 Å². The second-order valence-electron chi connectivity index (χ2n) is 4.55. The van der Waals surface area contributed by atoms with Crippen molar-refractivity contribution in [2.24, 2.45) is 0 Å². The van der Waals surface area contributed by atoms with Gasteiger partial charge in [0, 0.05) is 13.2 Å². The van der Waals surface area contributed by atoms with Crippen LogP contribution in [0.5, 0.6) is 0 Å². The largest absolute Gasteiger partial charge is 0.379 e. The van der Waals surface area contributed by atoms with Gasteiger partial charge in [-0.3, -0.25) is 0 Å². The molecule has 0 aromatic heterocycles. The molecule has 1 heterocycles. The van der Waals surface area contributed by atoms with Crippen molar-refractivity contribution in [3.63, 3.8) is 0 Å². The highest BCUT2D eigenvalue weighted by atomic mass is 32.1. The van der Waals surface area contributed by atoms with Crippen LogP contribution in [0.2, 0.25) is 0 Å². The number of hydrogen-bond donors (Lipinski definition) is 1. The van der Waals surface area contributed by atoms with Gasteiger partial charge >= 0.3 is 0 Å². The fraction of sp³-hybridized carbons (Fsp3) is 1.00. The van der Waals surface area contributed by atoms with Crippen LogP contribution in [0, 0.1) is 0 Å². The minimum Gasteiger partial charge on any atom is -0.379 e. The van der Waals surface area contributed by atoms with Crippen molar-refractivity contribution in [2.45, 2.75) is 57.5 Å². The third kappa shape index (κ3) is 7.53. The maximum atomic E-state index is 5.71. The smallest absolute Gasteiger partial charge is 0.0830 e. The van der Waals surface area contributed by atoms with Crippen molar-refractivity contribution < 1.29 is 9.47 Å². The molecular formula is C13H26O2S. The van der Waals surface area contributed by atoms with Crippen LogP contribution in [0.1, 0.15) is 51.4 Å². The van der Waals surface area contributed by atoms with Crippen LogP contribution in [0.15, 0.2) is 0 Å². The van der Waals surface area contributed by atoms with Crippen LogP contribution < -0.4 is 0 Å². The van der Waals surface area contributed by atoms with Gasteiger partial charge in [0.1, 0.15) is 0 Å². The molecule has 0 aliphatic carbocycles. The third-order valence-electron chi connectivity index (χ3n) is 3.04. The molecule has 1 rings (SSSR count). The van der Waals surface area contributed by atoms with Crippen LogP contribution in [-0.2, 0) is 9.47 Å². The van der Waals surface area contributed by atoms with Gasteiger partial charge in [-0.1, -0.05) is 32.1 Å². The Morgan fingerprint density at radius 2 is 1.69 bits per heavy atom. The maximum absolute atomic E-state index is 5.71. The van der Waals surface area contributed by atoms with Crippen molar-refractivity contribution in [3.8, 4) is 0 Å². The average Bonchev–Trinajstić information content (AvgIpc) is 2.80. The summed E-state index contributed by atoms with van der Waals surface area (Å²) < 4.78 is 11.0. The molecule has 1 unspecified atom stereocenters.